The summed E-state index contributed by atoms with van der Waals surface area (Å²) >= 11 is 5.94. The van der Waals surface area contributed by atoms with Crippen LogP contribution in [0.1, 0.15) is 13.3 Å². The summed E-state index contributed by atoms with van der Waals surface area (Å²) in [5, 5.41) is 6.32. The highest BCUT2D eigenvalue weighted by Crippen LogP contribution is 2.30. The molecule has 2 N–H and O–H groups in total. The Bertz CT molecular complexity index is 821. The van der Waals surface area contributed by atoms with E-state index >= 15 is 0 Å². The third-order valence-electron chi connectivity index (χ3n) is 4.59. The second kappa shape index (κ2) is 7.88. The molecule has 142 valence electrons. The normalized spacial score (nSPS) is 19.1. The van der Waals surface area contributed by atoms with E-state index in [2.05, 4.69) is 10.6 Å². The van der Waals surface area contributed by atoms with Gasteiger partial charge in [0, 0.05) is 42.1 Å². The van der Waals surface area contributed by atoms with Gasteiger partial charge in [0.25, 0.3) is 0 Å². The van der Waals surface area contributed by atoms with E-state index in [-0.39, 0.29) is 17.9 Å². The predicted molar refractivity (Wildman–Crippen MR) is 109 cm³/mol. The fourth-order valence-electron chi connectivity index (χ4n) is 3.13. The van der Waals surface area contributed by atoms with Crippen LogP contribution < -0.4 is 20.4 Å². The average Bonchev–Trinajstić information content (AvgIpc) is 2.90. The maximum atomic E-state index is 12.6. The summed E-state index contributed by atoms with van der Waals surface area (Å²) in [6, 6.07) is 14.2. The van der Waals surface area contributed by atoms with E-state index in [4.69, 9.17) is 11.6 Å². The van der Waals surface area contributed by atoms with Crippen LogP contribution in [0.5, 0.6) is 0 Å². The van der Waals surface area contributed by atoms with Crippen molar-refractivity contribution in [1.29, 1.82) is 0 Å². The molecular weight excluding hydrogens is 364 g/mol. The van der Waals surface area contributed by atoms with E-state index in [1.54, 1.807) is 29.2 Å². The van der Waals surface area contributed by atoms with Crippen LogP contribution in [-0.4, -0.2) is 32.2 Å². The topological polar surface area (TPSA) is 64.7 Å². The average molecular weight is 387 g/mol. The highest BCUT2D eigenvalue weighted by molar-refractivity contribution is 6.30. The molecule has 3 rings (SSSR count). The van der Waals surface area contributed by atoms with Gasteiger partial charge >= 0.3 is 6.03 Å². The molecule has 6 nitrogen and oxygen atoms in total. The van der Waals surface area contributed by atoms with E-state index in [0.717, 1.165) is 11.4 Å². The van der Waals surface area contributed by atoms with Gasteiger partial charge in [-0.25, -0.2) is 4.79 Å². The molecule has 0 aliphatic carbocycles. The number of hydrogen-bond donors (Lipinski definition) is 2. The second-order valence-electron chi connectivity index (χ2n) is 6.88. The Labute approximate surface area is 164 Å². The van der Waals surface area contributed by atoms with E-state index in [0.29, 0.717) is 17.1 Å². The standard InChI is InChI=1S/C20H23ClN4O2/c1-13-12-18(25(19(13)26)17-8-4-14(21)5-9-17)23-20(27)22-15-6-10-16(11-7-15)24(2)3/h4-11,13,18H,12H2,1-3H3,(H2,22,23,27)/t13-,18?/m1/s1. The molecule has 1 fully saturated rings. The molecule has 0 spiro atoms. The minimum absolute atomic E-state index is 0.0158. The quantitative estimate of drug-likeness (QED) is 0.836. The Balaban J connectivity index is 1.69. The van der Waals surface area contributed by atoms with Crippen molar-refractivity contribution >= 4 is 40.6 Å². The highest BCUT2D eigenvalue weighted by atomic mass is 35.5. The zero-order chi connectivity index (χ0) is 19.6. The number of carbonyl (C=O) groups is 2. The van der Waals surface area contributed by atoms with Crippen molar-refractivity contribution in [2.75, 3.05) is 29.2 Å². The number of nitrogens with zero attached hydrogens (tertiary/aromatic N) is 2. The van der Waals surface area contributed by atoms with Crippen molar-refractivity contribution in [2.45, 2.75) is 19.5 Å². The molecule has 2 atom stereocenters. The molecule has 1 aliphatic rings. The van der Waals surface area contributed by atoms with E-state index in [1.807, 2.05) is 50.2 Å². The number of halogens is 1. The first kappa shape index (κ1) is 19.0. The van der Waals surface area contributed by atoms with Gasteiger partial charge in [-0.05, 0) is 55.0 Å². The third-order valence-corrected chi connectivity index (χ3v) is 4.84. The lowest BCUT2D eigenvalue weighted by Gasteiger charge is -2.26. The predicted octanol–water partition coefficient (Wildman–Crippen LogP) is 3.93. The maximum Gasteiger partial charge on any atom is 0.320 e. The van der Waals surface area contributed by atoms with Gasteiger partial charge in [-0.1, -0.05) is 18.5 Å². The summed E-state index contributed by atoms with van der Waals surface area (Å²) in [5.74, 6) is -0.177. The minimum Gasteiger partial charge on any atom is -0.378 e. The zero-order valence-corrected chi connectivity index (χ0v) is 16.3. The fourth-order valence-corrected chi connectivity index (χ4v) is 3.25. The monoisotopic (exact) mass is 386 g/mol. The summed E-state index contributed by atoms with van der Waals surface area (Å²) in [6.45, 7) is 1.87. The Morgan fingerprint density at radius 1 is 1.11 bits per heavy atom. The van der Waals surface area contributed by atoms with E-state index < -0.39 is 6.17 Å². The minimum atomic E-state index is -0.408. The van der Waals surface area contributed by atoms with Crippen LogP contribution in [0.3, 0.4) is 0 Å². The number of hydrogen-bond acceptors (Lipinski definition) is 3. The first-order chi connectivity index (χ1) is 12.8. The number of rotatable bonds is 4. The summed E-state index contributed by atoms with van der Waals surface area (Å²) < 4.78 is 0. The smallest absolute Gasteiger partial charge is 0.320 e. The number of benzene rings is 2. The van der Waals surface area contributed by atoms with Crippen LogP contribution in [-0.2, 0) is 4.79 Å². The Hall–Kier alpha value is -2.73. The van der Waals surface area contributed by atoms with Crippen LogP contribution >= 0.6 is 11.6 Å². The third kappa shape index (κ3) is 4.34. The lowest BCUT2D eigenvalue weighted by molar-refractivity contribution is -0.120. The van der Waals surface area contributed by atoms with Gasteiger partial charge < -0.3 is 15.5 Å². The van der Waals surface area contributed by atoms with Crippen molar-refractivity contribution in [2.24, 2.45) is 5.92 Å². The fraction of sp³-hybridized carbons (Fsp3) is 0.300. The molecule has 0 bridgehead atoms. The molecule has 1 heterocycles. The summed E-state index contributed by atoms with van der Waals surface area (Å²) in [5.41, 5.74) is 2.45. The Morgan fingerprint density at radius 2 is 1.74 bits per heavy atom. The molecule has 3 amide bonds. The van der Waals surface area contributed by atoms with Gasteiger partial charge in [0.1, 0.15) is 6.17 Å². The first-order valence-corrected chi connectivity index (χ1v) is 9.16. The summed E-state index contributed by atoms with van der Waals surface area (Å²) in [6.07, 6.45) is 0.142. The van der Waals surface area contributed by atoms with Gasteiger partial charge in [-0.3, -0.25) is 9.69 Å². The molecule has 2 aromatic rings. The number of carbonyl (C=O) groups excluding carboxylic acids is 2. The highest BCUT2D eigenvalue weighted by Gasteiger charge is 2.38. The molecule has 0 saturated carbocycles. The molecule has 1 unspecified atom stereocenters. The van der Waals surface area contributed by atoms with Gasteiger partial charge in [0.2, 0.25) is 5.91 Å². The van der Waals surface area contributed by atoms with Gasteiger partial charge in [0.15, 0.2) is 0 Å². The van der Waals surface area contributed by atoms with E-state index in [1.165, 1.54) is 0 Å². The molecular formula is C20H23ClN4O2. The molecule has 2 aromatic carbocycles. The van der Waals surface area contributed by atoms with Crippen LogP contribution in [0.2, 0.25) is 5.02 Å². The van der Waals surface area contributed by atoms with Gasteiger partial charge in [-0.2, -0.15) is 0 Å². The molecule has 27 heavy (non-hydrogen) atoms. The van der Waals surface area contributed by atoms with Crippen molar-refractivity contribution in [3.05, 3.63) is 53.6 Å². The van der Waals surface area contributed by atoms with Crippen molar-refractivity contribution in [1.82, 2.24) is 5.32 Å². The zero-order valence-electron chi connectivity index (χ0n) is 15.6. The number of anilines is 3. The van der Waals surface area contributed by atoms with Gasteiger partial charge in [0.05, 0.1) is 0 Å². The summed E-state index contributed by atoms with van der Waals surface area (Å²) in [4.78, 5) is 28.6. The van der Waals surface area contributed by atoms with Crippen LogP contribution in [0.4, 0.5) is 21.9 Å². The molecule has 1 saturated heterocycles. The van der Waals surface area contributed by atoms with Crippen LogP contribution in [0.25, 0.3) is 0 Å². The lowest BCUT2D eigenvalue weighted by atomic mass is 10.1. The number of urea groups is 1. The van der Waals surface area contributed by atoms with Crippen molar-refractivity contribution in [3.8, 4) is 0 Å². The van der Waals surface area contributed by atoms with Gasteiger partial charge in [-0.15, -0.1) is 0 Å². The second-order valence-corrected chi connectivity index (χ2v) is 7.31. The number of amides is 3. The molecule has 0 aromatic heterocycles. The largest absolute Gasteiger partial charge is 0.378 e. The summed E-state index contributed by atoms with van der Waals surface area (Å²) in [7, 11) is 3.91. The van der Waals surface area contributed by atoms with Crippen LogP contribution in [0.15, 0.2) is 48.5 Å². The number of nitrogens with one attached hydrogen (secondary N) is 2. The molecule has 7 heteroatoms. The van der Waals surface area contributed by atoms with Crippen molar-refractivity contribution in [3.63, 3.8) is 0 Å². The SMILES string of the molecule is C[C@@H]1CC(NC(=O)Nc2ccc(N(C)C)cc2)N(c2ccc(Cl)cc2)C1=O. The van der Waals surface area contributed by atoms with Crippen molar-refractivity contribution < 1.29 is 9.59 Å². The Morgan fingerprint density at radius 3 is 2.33 bits per heavy atom. The maximum absolute atomic E-state index is 12.6. The molecule has 1 aliphatic heterocycles. The lowest BCUT2D eigenvalue weighted by Crippen LogP contribution is -2.47. The Kier molecular flexibility index (Phi) is 5.56. The first-order valence-electron chi connectivity index (χ1n) is 8.78. The van der Waals surface area contributed by atoms with Crippen LogP contribution in [0, 0.1) is 5.92 Å². The molecule has 0 radical (unpaired) electrons. The van der Waals surface area contributed by atoms with E-state index in [9.17, 15) is 9.59 Å².